The number of halogens is 3. The number of urea groups is 1. The number of hydrogen-bond donors (Lipinski definition) is 2. The molecule has 0 radical (unpaired) electrons. The number of benzene rings is 2. The van der Waals surface area contributed by atoms with Gasteiger partial charge in [-0.05, 0) is 24.3 Å². The molecule has 8 heteroatoms. The highest BCUT2D eigenvalue weighted by molar-refractivity contribution is 7.13. The Kier molecular flexibility index (Phi) is 5.52. The predicted molar refractivity (Wildman–Crippen MR) is 94.6 cm³/mol. The van der Waals surface area contributed by atoms with Crippen LogP contribution in [0, 0.1) is 17.5 Å². The van der Waals surface area contributed by atoms with E-state index in [1.165, 1.54) is 29.5 Å². The SMILES string of the molecule is O=C(NCCc1csc(-c2cccc(F)c2)n1)Nc1c(F)cccc1F. The highest BCUT2D eigenvalue weighted by Gasteiger charge is 2.12. The lowest BCUT2D eigenvalue weighted by molar-refractivity contribution is 0.252. The first-order valence-electron chi connectivity index (χ1n) is 7.72. The molecule has 0 spiro atoms. The number of amides is 2. The zero-order valence-electron chi connectivity index (χ0n) is 13.4. The van der Waals surface area contributed by atoms with Gasteiger partial charge in [-0.15, -0.1) is 11.3 Å². The molecule has 4 nitrogen and oxygen atoms in total. The number of nitrogens with one attached hydrogen (secondary N) is 2. The zero-order valence-corrected chi connectivity index (χ0v) is 14.2. The van der Waals surface area contributed by atoms with Gasteiger partial charge in [-0.25, -0.2) is 22.9 Å². The topological polar surface area (TPSA) is 54.0 Å². The number of rotatable bonds is 5. The number of aromatic nitrogens is 1. The van der Waals surface area contributed by atoms with E-state index in [1.807, 2.05) is 5.38 Å². The van der Waals surface area contributed by atoms with Crippen LogP contribution < -0.4 is 10.6 Å². The molecule has 0 atom stereocenters. The first-order valence-corrected chi connectivity index (χ1v) is 8.60. The van der Waals surface area contributed by atoms with Gasteiger partial charge in [-0.2, -0.15) is 0 Å². The van der Waals surface area contributed by atoms with Crippen LogP contribution in [0.1, 0.15) is 5.69 Å². The van der Waals surface area contributed by atoms with Gasteiger partial charge in [0.1, 0.15) is 28.1 Å². The monoisotopic (exact) mass is 377 g/mol. The Morgan fingerprint density at radius 3 is 2.54 bits per heavy atom. The lowest BCUT2D eigenvalue weighted by Crippen LogP contribution is -2.31. The van der Waals surface area contributed by atoms with E-state index in [4.69, 9.17) is 0 Å². The van der Waals surface area contributed by atoms with E-state index < -0.39 is 23.4 Å². The number of carbonyl (C=O) groups excluding carboxylic acids is 1. The molecular weight excluding hydrogens is 363 g/mol. The Bertz CT molecular complexity index is 909. The lowest BCUT2D eigenvalue weighted by Gasteiger charge is -2.08. The maximum absolute atomic E-state index is 13.5. The summed E-state index contributed by atoms with van der Waals surface area (Å²) in [5.74, 6) is -2.03. The normalized spacial score (nSPS) is 10.6. The van der Waals surface area contributed by atoms with E-state index in [0.29, 0.717) is 17.0 Å². The fourth-order valence-corrected chi connectivity index (χ4v) is 3.11. The van der Waals surface area contributed by atoms with E-state index in [2.05, 4.69) is 15.6 Å². The fourth-order valence-electron chi connectivity index (χ4n) is 2.25. The average molecular weight is 377 g/mol. The van der Waals surface area contributed by atoms with Crippen molar-refractivity contribution in [2.24, 2.45) is 0 Å². The molecule has 134 valence electrons. The van der Waals surface area contributed by atoms with Crippen molar-refractivity contribution in [3.05, 3.63) is 71.0 Å². The largest absolute Gasteiger partial charge is 0.337 e. The van der Waals surface area contributed by atoms with Gasteiger partial charge < -0.3 is 10.6 Å². The predicted octanol–water partition coefficient (Wildman–Crippen LogP) is 4.59. The summed E-state index contributed by atoms with van der Waals surface area (Å²) in [6.45, 7) is 0.230. The van der Waals surface area contributed by atoms with Crippen LogP contribution in [-0.2, 0) is 6.42 Å². The van der Waals surface area contributed by atoms with Crippen molar-refractivity contribution in [3.8, 4) is 10.6 Å². The van der Waals surface area contributed by atoms with E-state index >= 15 is 0 Å². The molecule has 0 saturated carbocycles. The van der Waals surface area contributed by atoms with Crippen molar-refractivity contribution in [3.63, 3.8) is 0 Å². The third-order valence-corrected chi connectivity index (χ3v) is 4.43. The number of nitrogens with zero attached hydrogens (tertiary/aromatic N) is 1. The smallest absolute Gasteiger partial charge is 0.319 e. The molecule has 0 unspecified atom stereocenters. The maximum atomic E-state index is 13.5. The van der Waals surface area contributed by atoms with Crippen molar-refractivity contribution in [1.29, 1.82) is 0 Å². The van der Waals surface area contributed by atoms with E-state index in [1.54, 1.807) is 12.1 Å². The molecule has 0 fully saturated rings. The van der Waals surface area contributed by atoms with Crippen LogP contribution >= 0.6 is 11.3 Å². The summed E-state index contributed by atoms with van der Waals surface area (Å²) in [5.41, 5.74) is 0.917. The minimum atomic E-state index is -0.848. The van der Waals surface area contributed by atoms with E-state index in [0.717, 1.165) is 17.8 Å². The highest BCUT2D eigenvalue weighted by atomic mass is 32.1. The van der Waals surface area contributed by atoms with Crippen LogP contribution in [0.3, 0.4) is 0 Å². The summed E-state index contributed by atoms with van der Waals surface area (Å²) < 4.78 is 40.2. The van der Waals surface area contributed by atoms with Crippen LogP contribution in [0.2, 0.25) is 0 Å². The molecule has 0 saturated heterocycles. The number of carbonyl (C=O) groups is 1. The summed E-state index contributed by atoms with van der Waals surface area (Å²) in [7, 11) is 0. The minimum absolute atomic E-state index is 0.230. The second kappa shape index (κ2) is 8.01. The van der Waals surface area contributed by atoms with Gasteiger partial charge in [0.05, 0.1) is 5.69 Å². The number of para-hydroxylation sites is 1. The molecule has 2 N–H and O–H groups in total. The number of anilines is 1. The summed E-state index contributed by atoms with van der Waals surface area (Å²) in [6.07, 6.45) is 0.430. The van der Waals surface area contributed by atoms with Crippen molar-refractivity contribution in [2.45, 2.75) is 6.42 Å². The Labute approximate surface area is 151 Å². The molecule has 3 aromatic rings. The Morgan fingerprint density at radius 2 is 1.81 bits per heavy atom. The minimum Gasteiger partial charge on any atom is -0.337 e. The van der Waals surface area contributed by atoms with Gasteiger partial charge in [0.25, 0.3) is 0 Å². The van der Waals surface area contributed by atoms with Gasteiger partial charge in [0.2, 0.25) is 0 Å². The summed E-state index contributed by atoms with van der Waals surface area (Å²) >= 11 is 1.37. The van der Waals surface area contributed by atoms with Crippen LogP contribution in [0.4, 0.5) is 23.7 Å². The van der Waals surface area contributed by atoms with Crippen molar-refractivity contribution >= 4 is 23.1 Å². The molecule has 0 aliphatic carbocycles. The fraction of sp³-hybridized carbons (Fsp3) is 0.111. The Balaban J connectivity index is 1.53. The van der Waals surface area contributed by atoms with Gasteiger partial charge in [0.15, 0.2) is 0 Å². The molecule has 0 aliphatic rings. The van der Waals surface area contributed by atoms with E-state index in [-0.39, 0.29) is 12.4 Å². The second-order valence-corrected chi connectivity index (χ2v) is 6.24. The van der Waals surface area contributed by atoms with Gasteiger partial charge in [-0.1, -0.05) is 18.2 Å². The highest BCUT2D eigenvalue weighted by Crippen LogP contribution is 2.24. The zero-order chi connectivity index (χ0) is 18.5. The first kappa shape index (κ1) is 17.9. The summed E-state index contributed by atoms with van der Waals surface area (Å²) in [4.78, 5) is 16.1. The first-order chi connectivity index (χ1) is 12.5. The second-order valence-electron chi connectivity index (χ2n) is 5.38. The molecular formula is C18H14F3N3OS. The van der Waals surface area contributed by atoms with Crippen molar-refractivity contribution in [2.75, 3.05) is 11.9 Å². The third kappa shape index (κ3) is 4.40. The average Bonchev–Trinajstić information content (AvgIpc) is 3.07. The maximum Gasteiger partial charge on any atom is 0.319 e. The molecule has 1 heterocycles. The summed E-state index contributed by atoms with van der Waals surface area (Å²) in [6, 6.07) is 8.75. The molecule has 2 amide bonds. The van der Waals surface area contributed by atoms with Crippen LogP contribution in [0.5, 0.6) is 0 Å². The molecule has 0 bridgehead atoms. The van der Waals surface area contributed by atoms with Crippen LogP contribution in [0.25, 0.3) is 10.6 Å². The van der Waals surface area contributed by atoms with Crippen molar-refractivity contribution in [1.82, 2.24) is 10.3 Å². The van der Waals surface area contributed by atoms with Gasteiger partial charge in [-0.3, -0.25) is 0 Å². The molecule has 0 aliphatic heterocycles. The standard InChI is InChI=1S/C18H14F3N3OS/c19-12-4-1-3-11(9-12)17-23-13(10-26-17)7-8-22-18(25)24-16-14(20)5-2-6-15(16)21/h1-6,9-10H,7-8H2,(H2,22,24,25). The van der Waals surface area contributed by atoms with E-state index in [9.17, 15) is 18.0 Å². The molecule has 1 aromatic heterocycles. The number of hydrogen-bond acceptors (Lipinski definition) is 3. The Hall–Kier alpha value is -2.87. The van der Waals surface area contributed by atoms with Gasteiger partial charge in [0, 0.05) is 23.9 Å². The lowest BCUT2D eigenvalue weighted by atomic mass is 10.2. The Morgan fingerprint density at radius 1 is 1.08 bits per heavy atom. The quantitative estimate of drug-likeness (QED) is 0.683. The molecule has 2 aromatic carbocycles. The number of thiazole rings is 1. The summed E-state index contributed by atoms with van der Waals surface area (Å²) in [5, 5.41) is 7.15. The molecule has 26 heavy (non-hydrogen) atoms. The molecule has 3 rings (SSSR count). The van der Waals surface area contributed by atoms with Crippen LogP contribution in [-0.4, -0.2) is 17.6 Å². The van der Waals surface area contributed by atoms with Crippen LogP contribution in [0.15, 0.2) is 47.8 Å². The van der Waals surface area contributed by atoms with Crippen molar-refractivity contribution < 1.29 is 18.0 Å². The third-order valence-electron chi connectivity index (χ3n) is 3.49. The van der Waals surface area contributed by atoms with Gasteiger partial charge >= 0.3 is 6.03 Å².